The van der Waals surface area contributed by atoms with Gasteiger partial charge in [-0.3, -0.25) is 4.79 Å². The Balaban J connectivity index is 1.99. The summed E-state index contributed by atoms with van der Waals surface area (Å²) in [5, 5.41) is 3.49. The minimum absolute atomic E-state index is 0.209. The Morgan fingerprint density at radius 2 is 1.96 bits per heavy atom. The first-order chi connectivity index (χ1) is 13.0. The minimum atomic E-state index is -0.209. The van der Waals surface area contributed by atoms with Crippen molar-refractivity contribution >= 4 is 29.3 Å². The van der Waals surface area contributed by atoms with Crippen LogP contribution in [0.3, 0.4) is 0 Å². The Bertz CT molecular complexity index is 802. The van der Waals surface area contributed by atoms with E-state index in [1.54, 1.807) is 25.3 Å². The Kier molecular flexibility index (Phi) is 8.21. The summed E-state index contributed by atoms with van der Waals surface area (Å²) >= 11 is 5.93. The summed E-state index contributed by atoms with van der Waals surface area (Å²) in [4.78, 5) is 12.2. The number of benzene rings is 2. The van der Waals surface area contributed by atoms with Gasteiger partial charge < -0.3 is 14.8 Å². The van der Waals surface area contributed by atoms with E-state index in [2.05, 4.69) is 12.2 Å². The second kappa shape index (κ2) is 10.6. The van der Waals surface area contributed by atoms with Crippen LogP contribution in [0.4, 0.5) is 5.69 Å². The summed E-state index contributed by atoms with van der Waals surface area (Å²) in [6.07, 6.45) is 6.55. The van der Waals surface area contributed by atoms with Crippen LogP contribution in [0.25, 0.3) is 6.08 Å². The molecule has 27 heavy (non-hydrogen) atoms. The average Bonchev–Trinajstić information content (AvgIpc) is 2.66. The number of hydrogen-bond donors (Lipinski definition) is 1. The van der Waals surface area contributed by atoms with Crippen molar-refractivity contribution in [3.8, 4) is 11.5 Å². The predicted molar refractivity (Wildman–Crippen MR) is 112 cm³/mol. The van der Waals surface area contributed by atoms with Crippen LogP contribution in [0.15, 0.2) is 42.5 Å². The third kappa shape index (κ3) is 6.65. The largest absolute Gasteiger partial charge is 0.493 e. The van der Waals surface area contributed by atoms with Crippen molar-refractivity contribution in [3.63, 3.8) is 0 Å². The molecule has 0 aliphatic rings. The van der Waals surface area contributed by atoms with Crippen LogP contribution in [0.2, 0.25) is 5.02 Å². The van der Waals surface area contributed by atoms with Crippen LogP contribution in [0.5, 0.6) is 11.5 Å². The molecule has 0 saturated carbocycles. The van der Waals surface area contributed by atoms with Crippen LogP contribution < -0.4 is 14.8 Å². The number of aryl methyl sites for hydroxylation is 1. The second-order valence-corrected chi connectivity index (χ2v) is 6.68. The fraction of sp³-hybridized carbons (Fsp3) is 0.318. The summed E-state index contributed by atoms with van der Waals surface area (Å²) in [7, 11) is 1.61. The summed E-state index contributed by atoms with van der Waals surface area (Å²) in [6.45, 7) is 4.73. The molecule has 1 N–H and O–H groups in total. The van der Waals surface area contributed by atoms with E-state index >= 15 is 0 Å². The number of nitrogens with one attached hydrogen (secondary N) is 1. The van der Waals surface area contributed by atoms with Gasteiger partial charge in [-0.1, -0.05) is 37.4 Å². The van der Waals surface area contributed by atoms with E-state index in [1.807, 2.05) is 31.2 Å². The second-order valence-electron chi connectivity index (χ2n) is 6.25. The van der Waals surface area contributed by atoms with Crippen LogP contribution in [-0.2, 0) is 4.79 Å². The number of rotatable bonds is 9. The molecule has 0 unspecified atom stereocenters. The van der Waals surface area contributed by atoms with Gasteiger partial charge in [0.05, 0.1) is 13.7 Å². The Labute approximate surface area is 166 Å². The van der Waals surface area contributed by atoms with Crippen molar-refractivity contribution in [3.05, 3.63) is 58.6 Å². The average molecular weight is 388 g/mol. The molecular weight excluding hydrogens is 362 g/mol. The molecule has 144 valence electrons. The summed E-state index contributed by atoms with van der Waals surface area (Å²) in [6, 6.07) is 11.0. The van der Waals surface area contributed by atoms with Gasteiger partial charge in [0, 0.05) is 16.8 Å². The summed E-state index contributed by atoms with van der Waals surface area (Å²) in [5.74, 6) is 1.16. The highest BCUT2D eigenvalue weighted by Crippen LogP contribution is 2.29. The minimum Gasteiger partial charge on any atom is -0.493 e. The van der Waals surface area contributed by atoms with Gasteiger partial charge in [-0.25, -0.2) is 0 Å². The lowest BCUT2D eigenvalue weighted by atomic mass is 10.1. The highest BCUT2D eigenvalue weighted by atomic mass is 35.5. The van der Waals surface area contributed by atoms with Crippen molar-refractivity contribution in [2.75, 3.05) is 19.0 Å². The topological polar surface area (TPSA) is 47.6 Å². The first-order valence-corrected chi connectivity index (χ1v) is 9.47. The first kappa shape index (κ1) is 20.8. The summed E-state index contributed by atoms with van der Waals surface area (Å²) in [5.41, 5.74) is 2.51. The van der Waals surface area contributed by atoms with Crippen LogP contribution in [0, 0.1) is 6.92 Å². The molecular formula is C22H26ClNO3. The van der Waals surface area contributed by atoms with Crippen molar-refractivity contribution in [1.29, 1.82) is 0 Å². The predicted octanol–water partition coefficient (Wildman–Crippen LogP) is 5.88. The molecule has 0 heterocycles. The van der Waals surface area contributed by atoms with Crippen molar-refractivity contribution in [1.82, 2.24) is 0 Å². The lowest BCUT2D eigenvalue weighted by molar-refractivity contribution is -0.111. The molecule has 2 rings (SSSR count). The van der Waals surface area contributed by atoms with Crippen LogP contribution >= 0.6 is 11.6 Å². The monoisotopic (exact) mass is 387 g/mol. The number of ether oxygens (including phenoxy) is 2. The van der Waals surface area contributed by atoms with Gasteiger partial charge in [-0.05, 0) is 60.9 Å². The number of anilines is 1. The molecule has 4 nitrogen and oxygen atoms in total. The maximum atomic E-state index is 12.2. The zero-order valence-corrected chi connectivity index (χ0v) is 16.8. The maximum absolute atomic E-state index is 12.2. The molecule has 0 aliphatic heterocycles. The normalized spacial score (nSPS) is 10.8. The number of amides is 1. The number of methoxy groups -OCH3 is 1. The van der Waals surface area contributed by atoms with E-state index in [4.69, 9.17) is 21.1 Å². The van der Waals surface area contributed by atoms with E-state index in [0.29, 0.717) is 23.1 Å². The Morgan fingerprint density at radius 1 is 1.15 bits per heavy atom. The molecule has 1 amide bonds. The first-order valence-electron chi connectivity index (χ1n) is 9.09. The molecule has 0 aromatic heterocycles. The number of carbonyl (C=O) groups is 1. The molecule has 0 bridgehead atoms. The van der Waals surface area contributed by atoms with E-state index in [9.17, 15) is 4.79 Å². The van der Waals surface area contributed by atoms with Crippen molar-refractivity contribution in [2.24, 2.45) is 0 Å². The van der Waals surface area contributed by atoms with Gasteiger partial charge in [-0.15, -0.1) is 0 Å². The standard InChI is InChI=1S/C22H26ClNO3/c1-4-5-6-13-27-20-11-7-17(15-21(20)26-3)8-12-22(25)24-19-10-9-18(23)14-16(19)2/h7-12,14-15H,4-6,13H2,1-3H3,(H,24,25)/b12-8+. The number of unbranched alkanes of at least 4 members (excludes halogenated alkanes) is 2. The van der Waals surface area contributed by atoms with Gasteiger partial charge in [0.15, 0.2) is 11.5 Å². The molecule has 5 heteroatoms. The Hall–Kier alpha value is -2.46. The fourth-order valence-corrected chi connectivity index (χ4v) is 2.78. The molecule has 0 radical (unpaired) electrons. The zero-order valence-electron chi connectivity index (χ0n) is 16.0. The number of carbonyl (C=O) groups excluding carboxylic acids is 1. The third-order valence-corrected chi connectivity index (χ3v) is 4.30. The van der Waals surface area contributed by atoms with E-state index in [-0.39, 0.29) is 5.91 Å². The van der Waals surface area contributed by atoms with Crippen molar-refractivity contribution in [2.45, 2.75) is 33.1 Å². The van der Waals surface area contributed by atoms with E-state index in [1.165, 1.54) is 6.08 Å². The van der Waals surface area contributed by atoms with Gasteiger partial charge in [0.1, 0.15) is 0 Å². The van der Waals surface area contributed by atoms with Crippen LogP contribution in [0.1, 0.15) is 37.3 Å². The van der Waals surface area contributed by atoms with Crippen LogP contribution in [-0.4, -0.2) is 19.6 Å². The lowest BCUT2D eigenvalue weighted by Gasteiger charge is -2.11. The number of halogens is 1. The third-order valence-electron chi connectivity index (χ3n) is 4.07. The van der Waals surface area contributed by atoms with Gasteiger partial charge >= 0.3 is 0 Å². The fourth-order valence-electron chi connectivity index (χ4n) is 2.55. The van der Waals surface area contributed by atoms with E-state index < -0.39 is 0 Å². The molecule has 0 spiro atoms. The molecule has 2 aromatic rings. The smallest absolute Gasteiger partial charge is 0.248 e. The Morgan fingerprint density at radius 3 is 2.67 bits per heavy atom. The molecule has 0 aliphatic carbocycles. The zero-order chi connectivity index (χ0) is 19.6. The van der Waals surface area contributed by atoms with E-state index in [0.717, 1.165) is 36.1 Å². The molecule has 2 aromatic carbocycles. The van der Waals surface area contributed by atoms with Crippen molar-refractivity contribution < 1.29 is 14.3 Å². The molecule has 0 atom stereocenters. The molecule has 0 fully saturated rings. The van der Waals surface area contributed by atoms with Gasteiger partial charge in [0.2, 0.25) is 5.91 Å². The highest BCUT2D eigenvalue weighted by molar-refractivity contribution is 6.30. The SMILES string of the molecule is CCCCCOc1ccc(/C=C/C(=O)Nc2ccc(Cl)cc2C)cc1OC. The molecule has 0 saturated heterocycles. The maximum Gasteiger partial charge on any atom is 0.248 e. The van der Waals surface area contributed by atoms with Gasteiger partial charge in [-0.2, -0.15) is 0 Å². The number of hydrogen-bond acceptors (Lipinski definition) is 3. The summed E-state index contributed by atoms with van der Waals surface area (Å²) < 4.78 is 11.2. The highest BCUT2D eigenvalue weighted by Gasteiger charge is 2.06. The lowest BCUT2D eigenvalue weighted by Crippen LogP contribution is -2.08. The van der Waals surface area contributed by atoms with Gasteiger partial charge in [0.25, 0.3) is 0 Å². The quantitative estimate of drug-likeness (QED) is 0.431.